The molecular weight excluding hydrogens is 435 g/mol. The zero-order valence-electron chi connectivity index (χ0n) is 17.6. The number of pyridine rings is 1. The first-order valence-corrected chi connectivity index (χ1v) is 10.5. The number of hydrogen-bond donors (Lipinski definition) is 1. The zero-order valence-corrected chi connectivity index (χ0v) is 17.6. The molecule has 2 fully saturated rings. The number of fused-ring (bicyclic) bond motifs is 2. The van der Waals surface area contributed by atoms with E-state index in [-0.39, 0.29) is 30.0 Å². The molecule has 2 bridgehead atoms. The fraction of sp³-hybridized carbons (Fsp3) is 0.364. The summed E-state index contributed by atoms with van der Waals surface area (Å²) >= 11 is 0. The minimum atomic E-state index is -4.49. The Morgan fingerprint density at radius 1 is 1.06 bits per heavy atom. The van der Waals surface area contributed by atoms with Crippen molar-refractivity contribution >= 4 is 11.9 Å². The van der Waals surface area contributed by atoms with Crippen LogP contribution in [0.1, 0.15) is 40.9 Å². The lowest BCUT2D eigenvalue weighted by Gasteiger charge is -2.25. The van der Waals surface area contributed by atoms with Crippen LogP contribution in [0.25, 0.3) is 11.4 Å². The van der Waals surface area contributed by atoms with Gasteiger partial charge >= 0.3 is 6.18 Å². The molecule has 5 rings (SSSR count). The molecule has 0 aliphatic carbocycles. The topological polar surface area (TPSA) is 96.8 Å². The number of nitrogens with zero attached hydrogens (tertiary/aromatic N) is 6. The molecule has 3 atom stereocenters. The van der Waals surface area contributed by atoms with Gasteiger partial charge in [-0.2, -0.15) is 13.2 Å². The largest absolute Gasteiger partial charge is 0.419 e. The molecule has 2 aliphatic rings. The van der Waals surface area contributed by atoms with Gasteiger partial charge in [-0.05, 0) is 43.9 Å². The highest BCUT2D eigenvalue weighted by Crippen LogP contribution is 2.40. The zero-order chi connectivity index (χ0) is 23.2. The first kappa shape index (κ1) is 21.2. The number of halogens is 3. The third kappa shape index (κ3) is 3.87. The summed E-state index contributed by atoms with van der Waals surface area (Å²) in [6.45, 7) is 1.88. The van der Waals surface area contributed by atoms with E-state index in [1.54, 1.807) is 24.7 Å². The third-order valence-electron chi connectivity index (χ3n) is 6.22. The summed E-state index contributed by atoms with van der Waals surface area (Å²) in [5, 5.41) is 3.12. The van der Waals surface area contributed by atoms with Gasteiger partial charge in [-0.1, -0.05) is 0 Å². The summed E-state index contributed by atoms with van der Waals surface area (Å²) in [7, 11) is 0. The van der Waals surface area contributed by atoms with E-state index in [9.17, 15) is 18.0 Å². The van der Waals surface area contributed by atoms with Crippen LogP contribution in [-0.4, -0.2) is 53.9 Å². The Labute approximate surface area is 187 Å². The smallest absolute Gasteiger partial charge is 0.349 e. The average Bonchev–Trinajstić information content (AvgIpc) is 3.36. The number of rotatable bonds is 4. The molecule has 11 heteroatoms. The standard InChI is InChI=1S/C22H20F3N7O/c1-12-5-8-26-18(17(12)19-27-6-2-7-28-19)20(33)32-14-3-4-16(32)15(9-14)31-21-29-10-13(11-30-21)22(23,24)25/h2,5-8,10-11,14-16H,3-4,9H2,1H3,(H,29,30,31). The van der Waals surface area contributed by atoms with Crippen molar-refractivity contribution in [3.63, 3.8) is 0 Å². The molecule has 170 valence electrons. The lowest BCUT2D eigenvalue weighted by Crippen LogP contribution is -2.40. The average molecular weight is 455 g/mol. The van der Waals surface area contributed by atoms with E-state index < -0.39 is 11.7 Å². The number of hydrogen-bond acceptors (Lipinski definition) is 7. The number of anilines is 1. The normalized spacial score (nSPS) is 21.9. The molecule has 0 spiro atoms. The fourth-order valence-corrected chi connectivity index (χ4v) is 4.73. The molecule has 1 amide bonds. The molecule has 33 heavy (non-hydrogen) atoms. The number of carbonyl (C=O) groups is 1. The molecule has 3 aromatic heterocycles. The summed E-state index contributed by atoms with van der Waals surface area (Å²) < 4.78 is 38.3. The van der Waals surface area contributed by atoms with E-state index in [1.807, 2.05) is 17.9 Å². The first-order chi connectivity index (χ1) is 15.8. The predicted octanol–water partition coefficient (Wildman–Crippen LogP) is 3.51. The van der Waals surface area contributed by atoms with Crippen LogP contribution < -0.4 is 5.32 Å². The van der Waals surface area contributed by atoms with Crippen molar-refractivity contribution in [2.24, 2.45) is 0 Å². The van der Waals surface area contributed by atoms with Gasteiger partial charge in [-0.3, -0.25) is 9.78 Å². The van der Waals surface area contributed by atoms with Crippen LogP contribution in [0.4, 0.5) is 19.1 Å². The number of carbonyl (C=O) groups excluding carboxylic acids is 1. The Bertz CT molecular complexity index is 1170. The van der Waals surface area contributed by atoms with Gasteiger partial charge in [-0.25, -0.2) is 19.9 Å². The summed E-state index contributed by atoms with van der Waals surface area (Å²) in [5.74, 6) is 0.345. The second kappa shape index (κ2) is 8.05. The maximum atomic E-state index is 13.6. The second-order valence-corrected chi connectivity index (χ2v) is 8.21. The van der Waals surface area contributed by atoms with E-state index in [0.29, 0.717) is 23.5 Å². The Balaban J connectivity index is 1.39. The summed E-state index contributed by atoms with van der Waals surface area (Å²) in [4.78, 5) is 36.1. The highest BCUT2D eigenvalue weighted by atomic mass is 19.4. The van der Waals surface area contributed by atoms with E-state index in [2.05, 4.69) is 30.2 Å². The van der Waals surface area contributed by atoms with Crippen molar-refractivity contribution < 1.29 is 18.0 Å². The molecular formula is C22H20F3N7O. The number of nitrogens with one attached hydrogen (secondary N) is 1. The highest BCUT2D eigenvalue weighted by molar-refractivity contribution is 5.99. The second-order valence-electron chi connectivity index (χ2n) is 8.21. The van der Waals surface area contributed by atoms with Crippen molar-refractivity contribution in [3.8, 4) is 11.4 Å². The maximum Gasteiger partial charge on any atom is 0.419 e. The molecule has 1 N–H and O–H groups in total. The highest BCUT2D eigenvalue weighted by Gasteiger charge is 2.49. The number of aromatic nitrogens is 5. The summed E-state index contributed by atoms with van der Waals surface area (Å²) in [5.41, 5.74) is 0.840. The Hall–Kier alpha value is -3.63. The molecule has 0 radical (unpaired) electrons. The van der Waals surface area contributed by atoms with Crippen molar-refractivity contribution in [1.29, 1.82) is 0 Å². The first-order valence-electron chi connectivity index (χ1n) is 10.5. The van der Waals surface area contributed by atoms with Gasteiger partial charge < -0.3 is 10.2 Å². The molecule has 5 heterocycles. The van der Waals surface area contributed by atoms with Crippen LogP contribution in [0.2, 0.25) is 0 Å². The van der Waals surface area contributed by atoms with Crippen molar-refractivity contribution in [2.45, 2.75) is 50.5 Å². The van der Waals surface area contributed by atoms with Crippen LogP contribution in [0.5, 0.6) is 0 Å². The van der Waals surface area contributed by atoms with Crippen molar-refractivity contribution in [3.05, 3.63) is 59.9 Å². The summed E-state index contributed by atoms with van der Waals surface area (Å²) in [6.07, 6.45) is 4.14. The minimum Gasteiger partial charge on any atom is -0.349 e. The van der Waals surface area contributed by atoms with Crippen LogP contribution >= 0.6 is 0 Å². The van der Waals surface area contributed by atoms with Gasteiger partial charge in [0.25, 0.3) is 5.91 Å². The maximum absolute atomic E-state index is 13.6. The Morgan fingerprint density at radius 3 is 2.48 bits per heavy atom. The lowest BCUT2D eigenvalue weighted by molar-refractivity contribution is -0.138. The third-order valence-corrected chi connectivity index (χ3v) is 6.22. The van der Waals surface area contributed by atoms with Crippen LogP contribution in [0, 0.1) is 6.92 Å². The van der Waals surface area contributed by atoms with Gasteiger partial charge in [0.15, 0.2) is 5.82 Å². The predicted molar refractivity (Wildman–Crippen MR) is 112 cm³/mol. The van der Waals surface area contributed by atoms with Gasteiger partial charge in [0, 0.05) is 37.0 Å². The SMILES string of the molecule is Cc1ccnc(C(=O)N2C3CCC2C(Nc2ncc(C(F)(F)F)cn2)C3)c1-c1ncccn1. The molecule has 2 aliphatic heterocycles. The Morgan fingerprint density at radius 2 is 1.79 bits per heavy atom. The lowest BCUT2D eigenvalue weighted by atomic mass is 9.96. The van der Waals surface area contributed by atoms with Crippen LogP contribution in [-0.2, 0) is 6.18 Å². The van der Waals surface area contributed by atoms with Crippen molar-refractivity contribution in [2.75, 3.05) is 5.32 Å². The molecule has 8 nitrogen and oxygen atoms in total. The summed E-state index contributed by atoms with van der Waals surface area (Å²) in [6, 6.07) is 3.22. The van der Waals surface area contributed by atoms with E-state index in [1.165, 1.54) is 0 Å². The minimum absolute atomic E-state index is 0.00121. The van der Waals surface area contributed by atoms with Gasteiger partial charge in [0.05, 0.1) is 23.2 Å². The van der Waals surface area contributed by atoms with E-state index in [4.69, 9.17) is 0 Å². The molecule has 3 unspecified atom stereocenters. The molecule has 0 saturated carbocycles. The number of amides is 1. The quantitative estimate of drug-likeness (QED) is 0.643. The van der Waals surface area contributed by atoms with Gasteiger partial charge in [-0.15, -0.1) is 0 Å². The van der Waals surface area contributed by atoms with Crippen molar-refractivity contribution in [1.82, 2.24) is 29.8 Å². The molecule has 2 saturated heterocycles. The van der Waals surface area contributed by atoms with Gasteiger partial charge in [0.1, 0.15) is 5.69 Å². The Kier molecular flexibility index (Phi) is 5.18. The monoisotopic (exact) mass is 455 g/mol. The van der Waals surface area contributed by atoms with E-state index in [0.717, 1.165) is 30.8 Å². The number of alkyl halides is 3. The van der Waals surface area contributed by atoms with E-state index >= 15 is 0 Å². The van der Waals surface area contributed by atoms with Crippen LogP contribution in [0.3, 0.4) is 0 Å². The van der Waals surface area contributed by atoms with Gasteiger partial charge in [0.2, 0.25) is 5.95 Å². The molecule has 0 aromatic carbocycles. The fourth-order valence-electron chi connectivity index (χ4n) is 4.73. The van der Waals surface area contributed by atoms with Crippen LogP contribution in [0.15, 0.2) is 43.1 Å². The molecule has 3 aromatic rings. The number of aryl methyl sites for hydroxylation is 1.